The minimum Gasteiger partial charge on any atom is -0.329 e. The van der Waals surface area contributed by atoms with Gasteiger partial charge >= 0.3 is 0 Å². The quantitative estimate of drug-likeness (QED) is 0.775. The number of carbonyl (C=O) groups excluding carboxylic acids is 1. The molecule has 0 aromatic carbocycles. The summed E-state index contributed by atoms with van der Waals surface area (Å²) in [5.41, 5.74) is 7.03. The van der Waals surface area contributed by atoms with Crippen molar-refractivity contribution < 1.29 is 4.79 Å². The molecule has 1 rings (SSSR count). The van der Waals surface area contributed by atoms with Gasteiger partial charge in [-0.1, -0.05) is 13.8 Å². The van der Waals surface area contributed by atoms with Gasteiger partial charge in [0.25, 0.3) is 0 Å². The summed E-state index contributed by atoms with van der Waals surface area (Å²) in [5.74, 6) is 0.130. The van der Waals surface area contributed by atoms with Crippen LogP contribution in [-0.4, -0.2) is 17.3 Å². The van der Waals surface area contributed by atoms with Gasteiger partial charge < -0.3 is 5.73 Å². The number of nitrogens with two attached hydrogens (primary N) is 1. The number of hydrogen-bond donors (Lipinski definition) is 1. The van der Waals surface area contributed by atoms with Crippen LogP contribution in [0.5, 0.6) is 0 Å². The molecule has 0 saturated heterocycles. The van der Waals surface area contributed by atoms with Crippen molar-refractivity contribution in [1.29, 1.82) is 0 Å². The van der Waals surface area contributed by atoms with Crippen LogP contribution in [0.3, 0.4) is 0 Å². The van der Waals surface area contributed by atoms with Gasteiger partial charge in [0.05, 0.1) is 0 Å². The molecule has 1 heterocycles. The Morgan fingerprint density at radius 1 is 1.44 bits per heavy atom. The number of Topliss-reactive ketones (excluding diaryl/α,β-unsaturated/α-hetero) is 1. The first kappa shape index (κ1) is 12.8. The third-order valence-electron chi connectivity index (χ3n) is 3.51. The smallest absolute Gasteiger partial charge is 0.172 e. The second-order valence-electron chi connectivity index (χ2n) is 4.21. The Hall–Kier alpha value is -1.22. The van der Waals surface area contributed by atoms with Gasteiger partial charge in [-0.15, -0.1) is 0 Å². The molecule has 88 valence electrons. The monoisotopic (exact) mass is 220 g/mol. The van der Waals surface area contributed by atoms with Crippen LogP contribution in [0.4, 0.5) is 0 Å². The second kappa shape index (κ2) is 5.21. The topological polar surface area (TPSA) is 56.0 Å². The number of rotatable bonds is 5. The van der Waals surface area contributed by atoms with Gasteiger partial charge in [0.2, 0.25) is 0 Å². The Labute approximate surface area is 97.1 Å². The van der Waals surface area contributed by atoms with E-state index in [1.165, 1.54) is 0 Å². The normalized spacial score (nSPS) is 11.5. The lowest BCUT2D eigenvalue weighted by Gasteiger charge is -2.28. The van der Waals surface area contributed by atoms with Crippen LogP contribution >= 0.6 is 0 Å². The van der Waals surface area contributed by atoms with Crippen molar-refractivity contribution in [3.63, 3.8) is 0 Å². The maximum atomic E-state index is 12.5. The minimum absolute atomic E-state index is 0.130. The molecule has 0 spiro atoms. The van der Waals surface area contributed by atoms with Gasteiger partial charge in [0, 0.05) is 29.9 Å². The van der Waals surface area contributed by atoms with Gasteiger partial charge in [-0.2, -0.15) is 0 Å². The number of aryl methyl sites for hydroxylation is 1. The molecule has 0 fully saturated rings. The van der Waals surface area contributed by atoms with Crippen molar-refractivity contribution in [3.05, 3.63) is 29.6 Å². The fourth-order valence-corrected chi connectivity index (χ4v) is 1.94. The molecule has 1 aromatic heterocycles. The number of nitrogens with zero attached hydrogens (tertiary/aromatic N) is 1. The SMILES string of the molecule is CCC(CC)(CN)C(=O)c1cnccc1C. The van der Waals surface area contributed by atoms with Gasteiger partial charge in [-0.05, 0) is 31.4 Å². The molecule has 0 radical (unpaired) electrons. The Bertz CT molecular complexity index is 362. The standard InChI is InChI=1S/C13H20N2O/c1-4-13(5-2,9-14)12(16)11-8-15-7-6-10(11)3/h6-8H,4-5,9,14H2,1-3H3. The lowest BCUT2D eigenvalue weighted by molar-refractivity contribution is 0.0786. The first-order chi connectivity index (χ1) is 7.61. The highest BCUT2D eigenvalue weighted by Crippen LogP contribution is 2.30. The molecule has 3 heteroatoms. The Kier molecular flexibility index (Phi) is 4.19. The van der Waals surface area contributed by atoms with Crippen molar-refractivity contribution in [3.8, 4) is 0 Å². The Morgan fingerprint density at radius 2 is 2.06 bits per heavy atom. The maximum absolute atomic E-state index is 12.5. The highest BCUT2D eigenvalue weighted by molar-refractivity contribution is 6.01. The predicted molar refractivity (Wildman–Crippen MR) is 65.4 cm³/mol. The van der Waals surface area contributed by atoms with Gasteiger partial charge in [0.1, 0.15) is 0 Å². The van der Waals surface area contributed by atoms with Crippen LogP contribution in [0.1, 0.15) is 42.6 Å². The van der Waals surface area contributed by atoms with E-state index in [1.54, 1.807) is 12.4 Å². The minimum atomic E-state index is -0.423. The molecule has 0 aliphatic carbocycles. The van der Waals surface area contributed by atoms with Gasteiger partial charge in [-0.3, -0.25) is 9.78 Å². The molecule has 0 bridgehead atoms. The van der Waals surface area contributed by atoms with E-state index in [-0.39, 0.29) is 5.78 Å². The zero-order valence-corrected chi connectivity index (χ0v) is 10.3. The average Bonchev–Trinajstić information content (AvgIpc) is 2.32. The lowest BCUT2D eigenvalue weighted by Crippen LogP contribution is -2.38. The molecule has 16 heavy (non-hydrogen) atoms. The van der Waals surface area contributed by atoms with E-state index in [2.05, 4.69) is 4.98 Å². The largest absolute Gasteiger partial charge is 0.329 e. The number of aromatic nitrogens is 1. The molecule has 3 nitrogen and oxygen atoms in total. The van der Waals surface area contributed by atoms with Crippen molar-refractivity contribution >= 4 is 5.78 Å². The highest BCUT2D eigenvalue weighted by Gasteiger charge is 2.34. The van der Waals surface area contributed by atoms with E-state index < -0.39 is 5.41 Å². The van der Waals surface area contributed by atoms with Gasteiger partial charge in [0.15, 0.2) is 5.78 Å². The third kappa shape index (κ3) is 2.14. The zero-order valence-electron chi connectivity index (χ0n) is 10.3. The van der Waals surface area contributed by atoms with Crippen LogP contribution < -0.4 is 5.73 Å². The number of ketones is 1. The first-order valence-corrected chi connectivity index (χ1v) is 5.76. The van der Waals surface area contributed by atoms with Crippen LogP contribution in [-0.2, 0) is 0 Å². The third-order valence-corrected chi connectivity index (χ3v) is 3.51. The van der Waals surface area contributed by atoms with E-state index in [4.69, 9.17) is 5.73 Å². The number of pyridine rings is 1. The van der Waals surface area contributed by atoms with Crippen LogP contribution in [0, 0.1) is 12.3 Å². The van der Waals surface area contributed by atoms with Crippen molar-refractivity contribution in [1.82, 2.24) is 4.98 Å². The van der Waals surface area contributed by atoms with Gasteiger partial charge in [-0.25, -0.2) is 0 Å². The summed E-state index contributed by atoms with van der Waals surface area (Å²) < 4.78 is 0. The molecule has 0 aliphatic rings. The lowest BCUT2D eigenvalue weighted by atomic mass is 9.75. The summed E-state index contributed by atoms with van der Waals surface area (Å²) in [6.07, 6.45) is 4.89. The zero-order chi connectivity index (χ0) is 12.2. The van der Waals surface area contributed by atoms with Crippen molar-refractivity contribution in [2.75, 3.05) is 6.54 Å². The Morgan fingerprint density at radius 3 is 2.50 bits per heavy atom. The predicted octanol–water partition coefficient (Wildman–Crippen LogP) is 2.34. The van der Waals surface area contributed by atoms with E-state index >= 15 is 0 Å². The van der Waals surface area contributed by atoms with Crippen molar-refractivity contribution in [2.24, 2.45) is 11.1 Å². The summed E-state index contributed by atoms with van der Waals surface area (Å²) in [6, 6.07) is 1.86. The van der Waals surface area contributed by atoms with Crippen LogP contribution in [0.15, 0.2) is 18.5 Å². The van der Waals surface area contributed by atoms with E-state index in [0.29, 0.717) is 12.1 Å². The Balaban J connectivity index is 3.14. The summed E-state index contributed by atoms with van der Waals surface area (Å²) >= 11 is 0. The average molecular weight is 220 g/mol. The second-order valence-corrected chi connectivity index (χ2v) is 4.21. The van der Waals surface area contributed by atoms with E-state index in [0.717, 1.165) is 18.4 Å². The molecule has 1 aromatic rings. The summed E-state index contributed by atoms with van der Waals surface area (Å²) in [4.78, 5) is 16.5. The summed E-state index contributed by atoms with van der Waals surface area (Å²) in [7, 11) is 0. The number of carbonyl (C=O) groups is 1. The van der Waals surface area contributed by atoms with E-state index in [1.807, 2.05) is 26.8 Å². The molecule has 0 saturated carbocycles. The number of hydrogen-bond acceptors (Lipinski definition) is 3. The first-order valence-electron chi connectivity index (χ1n) is 5.76. The molecular weight excluding hydrogens is 200 g/mol. The summed E-state index contributed by atoms with van der Waals surface area (Å²) in [6.45, 7) is 6.36. The molecule has 0 unspecified atom stereocenters. The highest BCUT2D eigenvalue weighted by atomic mass is 16.1. The van der Waals surface area contributed by atoms with E-state index in [9.17, 15) is 4.79 Å². The molecular formula is C13H20N2O. The maximum Gasteiger partial charge on any atom is 0.172 e. The van der Waals surface area contributed by atoms with Crippen LogP contribution in [0.2, 0.25) is 0 Å². The molecule has 0 amide bonds. The molecule has 2 N–H and O–H groups in total. The summed E-state index contributed by atoms with van der Waals surface area (Å²) in [5, 5.41) is 0. The van der Waals surface area contributed by atoms with Crippen LogP contribution in [0.25, 0.3) is 0 Å². The fraction of sp³-hybridized carbons (Fsp3) is 0.538. The van der Waals surface area contributed by atoms with Crippen molar-refractivity contribution in [2.45, 2.75) is 33.6 Å². The fourth-order valence-electron chi connectivity index (χ4n) is 1.94. The molecule has 0 atom stereocenters. The molecule has 0 aliphatic heterocycles.